The van der Waals surface area contributed by atoms with Gasteiger partial charge in [0.25, 0.3) is 0 Å². The Morgan fingerprint density at radius 2 is 2.08 bits per heavy atom. The Labute approximate surface area is 140 Å². The van der Waals surface area contributed by atoms with Gasteiger partial charge in [-0.2, -0.15) is 13.2 Å². The predicted molar refractivity (Wildman–Crippen MR) is 78.9 cm³/mol. The summed E-state index contributed by atoms with van der Waals surface area (Å²) < 4.78 is 54.8. The standard InChI is InChI=1S/C15H16F4N2O4/c1-14(12(22)23)4-5-21(7-14)13(24)20-10-6-9(16)2-3-11(10)25-8-15(17,18)19/h2-3,6H,4-5,7-8H2,1H3,(H,20,24)(H,22,23). The fourth-order valence-electron chi connectivity index (χ4n) is 2.39. The average molecular weight is 364 g/mol. The molecule has 0 bridgehead atoms. The number of amides is 2. The predicted octanol–water partition coefficient (Wildman–Crippen LogP) is 3.10. The van der Waals surface area contributed by atoms with Crippen molar-refractivity contribution in [2.75, 3.05) is 25.0 Å². The minimum Gasteiger partial charge on any atom is -0.482 e. The van der Waals surface area contributed by atoms with Gasteiger partial charge in [-0.25, -0.2) is 9.18 Å². The van der Waals surface area contributed by atoms with Gasteiger partial charge in [0.05, 0.1) is 11.1 Å². The van der Waals surface area contributed by atoms with Gasteiger partial charge in [-0.15, -0.1) is 0 Å². The fourth-order valence-corrected chi connectivity index (χ4v) is 2.39. The number of carboxylic acid groups (broad SMARTS) is 1. The van der Waals surface area contributed by atoms with Gasteiger partial charge in [0.2, 0.25) is 0 Å². The molecule has 138 valence electrons. The number of ether oxygens (including phenoxy) is 1. The van der Waals surface area contributed by atoms with Crippen molar-refractivity contribution in [2.45, 2.75) is 19.5 Å². The quantitative estimate of drug-likeness (QED) is 0.805. The van der Waals surface area contributed by atoms with Crippen molar-refractivity contribution in [3.8, 4) is 5.75 Å². The number of halogens is 4. The Hall–Kier alpha value is -2.52. The Morgan fingerprint density at radius 1 is 1.40 bits per heavy atom. The van der Waals surface area contributed by atoms with Gasteiger partial charge < -0.3 is 20.1 Å². The second kappa shape index (κ2) is 6.77. The molecule has 0 saturated carbocycles. The average Bonchev–Trinajstić information content (AvgIpc) is 2.89. The Bertz CT molecular complexity index is 680. The molecule has 1 unspecified atom stereocenters. The zero-order valence-electron chi connectivity index (χ0n) is 13.2. The van der Waals surface area contributed by atoms with E-state index in [0.717, 1.165) is 18.2 Å². The van der Waals surface area contributed by atoms with Gasteiger partial charge in [-0.3, -0.25) is 4.79 Å². The summed E-state index contributed by atoms with van der Waals surface area (Å²) in [7, 11) is 0. The van der Waals surface area contributed by atoms with Crippen LogP contribution in [0.5, 0.6) is 5.75 Å². The van der Waals surface area contributed by atoms with Crippen molar-refractivity contribution in [2.24, 2.45) is 5.41 Å². The van der Waals surface area contributed by atoms with Crippen molar-refractivity contribution in [3.05, 3.63) is 24.0 Å². The van der Waals surface area contributed by atoms with E-state index in [0.29, 0.717) is 0 Å². The summed E-state index contributed by atoms with van der Waals surface area (Å²) in [4.78, 5) is 24.6. The van der Waals surface area contributed by atoms with Crippen LogP contribution in [0, 0.1) is 11.2 Å². The van der Waals surface area contributed by atoms with Gasteiger partial charge >= 0.3 is 18.2 Å². The van der Waals surface area contributed by atoms with Crippen LogP contribution < -0.4 is 10.1 Å². The highest BCUT2D eigenvalue weighted by Crippen LogP contribution is 2.32. The van der Waals surface area contributed by atoms with E-state index < -0.39 is 36.0 Å². The molecule has 2 amide bonds. The van der Waals surface area contributed by atoms with Crippen molar-refractivity contribution in [3.63, 3.8) is 0 Å². The summed E-state index contributed by atoms with van der Waals surface area (Å²) in [5.41, 5.74) is -1.37. The first-order chi connectivity index (χ1) is 11.5. The lowest BCUT2D eigenvalue weighted by Crippen LogP contribution is -2.37. The molecule has 0 spiro atoms. The minimum atomic E-state index is -4.59. The summed E-state index contributed by atoms with van der Waals surface area (Å²) in [5.74, 6) is -2.17. The number of anilines is 1. The number of benzene rings is 1. The highest BCUT2D eigenvalue weighted by molar-refractivity contribution is 5.92. The molecule has 6 nitrogen and oxygen atoms in total. The van der Waals surface area contributed by atoms with Crippen molar-refractivity contribution >= 4 is 17.7 Å². The van der Waals surface area contributed by atoms with Crippen molar-refractivity contribution in [1.82, 2.24) is 4.90 Å². The maximum atomic E-state index is 13.4. The first kappa shape index (κ1) is 18.8. The molecule has 1 aliphatic rings. The molecule has 1 heterocycles. The normalized spacial score (nSPS) is 20.4. The zero-order chi connectivity index (χ0) is 18.8. The number of aliphatic carboxylic acids is 1. The lowest BCUT2D eigenvalue weighted by atomic mass is 9.90. The summed E-state index contributed by atoms with van der Waals surface area (Å²) in [5, 5.41) is 11.4. The summed E-state index contributed by atoms with van der Waals surface area (Å²) in [6, 6.07) is 1.96. The van der Waals surface area contributed by atoms with Gasteiger partial charge in [-0.05, 0) is 25.5 Å². The molecule has 1 aliphatic heterocycles. The van der Waals surface area contributed by atoms with E-state index in [1.807, 2.05) is 0 Å². The van der Waals surface area contributed by atoms with Crippen LogP contribution in [0.15, 0.2) is 18.2 Å². The van der Waals surface area contributed by atoms with E-state index in [2.05, 4.69) is 10.1 Å². The first-order valence-corrected chi connectivity index (χ1v) is 7.29. The van der Waals surface area contributed by atoms with Crippen LogP contribution >= 0.6 is 0 Å². The van der Waals surface area contributed by atoms with Gasteiger partial charge in [-0.1, -0.05) is 0 Å². The van der Waals surface area contributed by atoms with E-state index in [1.165, 1.54) is 11.8 Å². The number of hydrogen-bond acceptors (Lipinski definition) is 3. The molecule has 1 atom stereocenters. The maximum absolute atomic E-state index is 13.4. The van der Waals surface area contributed by atoms with Gasteiger partial charge in [0.1, 0.15) is 11.6 Å². The maximum Gasteiger partial charge on any atom is 0.422 e. The van der Waals surface area contributed by atoms with E-state index in [4.69, 9.17) is 5.11 Å². The Balaban J connectivity index is 2.10. The van der Waals surface area contributed by atoms with Crippen molar-refractivity contribution in [1.29, 1.82) is 0 Å². The second-order valence-corrected chi connectivity index (χ2v) is 6.01. The second-order valence-electron chi connectivity index (χ2n) is 6.01. The SMILES string of the molecule is CC1(C(=O)O)CCN(C(=O)Nc2cc(F)ccc2OCC(F)(F)F)C1. The number of carbonyl (C=O) groups excluding carboxylic acids is 1. The Kier molecular flexibility index (Phi) is 5.09. The minimum absolute atomic E-state index is 0.0672. The van der Waals surface area contributed by atoms with Crippen LogP contribution in [0.25, 0.3) is 0 Å². The molecule has 0 aromatic heterocycles. The highest BCUT2D eigenvalue weighted by Gasteiger charge is 2.42. The molecule has 2 N–H and O–H groups in total. The number of hydrogen-bond donors (Lipinski definition) is 2. The number of urea groups is 1. The van der Waals surface area contributed by atoms with Gasteiger partial charge in [0, 0.05) is 19.2 Å². The van der Waals surface area contributed by atoms with Crippen LogP contribution in [-0.4, -0.2) is 47.9 Å². The van der Waals surface area contributed by atoms with E-state index in [-0.39, 0.29) is 30.9 Å². The van der Waals surface area contributed by atoms with E-state index in [9.17, 15) is 27.2 Å². The smallest absolute Gasteiger partial charge is 0.422 e. The number of nitrogens with zero attached hydrogens (tertiary/aromatic N) is 1. The van der Waals surface area contributed by atoms with Crippen LogP contribution in [0.4, 0.5) is 28.0 Å². The number of likely N-dealkylation sites (tertiary alicyclic amines) is 1. The number of rotatable bonds is 4. The molecule has 1 aromatic carbocycles. The molecule has 10 heteroatoms. The first-order valence-electron chi connectivity index (χ1n) is 7.29. The molecule has 0 aliphatic carbocycles. The van der Waals surface area contributed by atoms with Crippen LogP contribution in [0.2, 0.25) is 0 Å². The molecular weight excluding hydrogens is 348 g/mol. The molecule has 1 saturated heterocycles. The van der Waals surface area contributed by atoms with Crippen LogP contribution in [-0.2, 0) is 4.79 Å². The third-order valence-electron chi connectivity index (χ3n) is 3.85. The number of carbonyl (C=O) groups is 2. The number of carboxylic acids is 1. The Morgan fingerprint density at radius 3 is 2.64 bits per heavy atom. The molecular formula is C15H16F4N2O4. The molecule has 0 radical (unpaired) electrons. The van der Waals surface area contributed by atoms with E-state index >= 15 is 0 Å². The highest BCUT2D eigenvalue weighted by atomic mass is 19.4. The summed E-state index contributed by atoms with van der Waals surface area (Å²) in [6.07, 6.45) is -4.36. The lowest BCUT2D eigenvalue weighted by Gasteiger charge is -2.21. The fraction of sp³-hybridized carbons (Fsp3) is 0.467. The molecule has 1 aromatic rings. The zero-order valence-corrected chi connectivity index (χ0v) is 13.2. The molecule has 25 heavy (non-hydrogen) atoms. The summed E-state index contributed by atoms with van der Waals surface area (Å²) >= 11 is 0. The lowest BCUT2D eigenvalue weighted by molar-refractivity contribution is -0.153. The van der Waals surface area contributed by atoms with Crippen LogP contribution in [0.1, 0.15) is 13.3 Å². The third kappa shape index (κ3) is 4.74. The topological polar surface area (TPSA) is 78.9 Å². The van der Waals surface area contributed by atoms with Crippen molar-refractivity contribution < 1.29 is 37.0 Å². The number of nitrogens with one attached hydrogen (secondary N) is 1. The van der Waals surface area contributed by atoms with Gasteiger partial charge in [0.15, 0.2) is 6.61 Å². The molecule has 2 rings (SSSR count). The third-order valence-corrected chi connectivity index (χ3v) is 3.85. The van der Waals surface area contributed by atoms with Crippen LogP contribution in [0.3, 0.4) is 0 Å². The number of alkyl halides is 3. The largest absolute Gasteiger partial charge is 0.482 e. The molecule has 1 fully saturated rings. The monoisotopic (exact) mass is 364 g/mol. The summed E-state index contributed by atoms with van der Waals surface area (Å²) in [6.45, 7) is -0.0180. The van der Waals surface area contributed by atoms with E-state index in [1.54, 1.807) is 0 Å².